The molecule has 0 fully saturated rings. The molecule has 0 heterocycles. The molecule has 0 saturated carbocycles. The van der Waals surface area contributed by atoms with Gasteiger partial charge >= 0.3 is 0 Å². The molecule has 0 bridgehead atoms. The molecule has 0 aromatic heterocycles. The van der Waals surface area contributed by atoms with E-state index in [4.69, 9.17) is 17.0 Å². The Morgan fingerprint density at radius 2 is 1.26 bits per heavy atom. The molecule has 0 amide bonds. The van der Waals surface area contributed by atoms with Gasteiger partial charge in [-0.05, 0) is 47.6 Å². The molecule has 0 unspecified atom stereocenters. The molecular weight excluding hydrogens is 266 g/mol. The van der Waals surface area contributed by atoms with E-state index >= 15 is 0 Å². The quantitative estimate of drug-likeness (QED) is 0.769. The summed E-state index contributed by atoms with van der Waals surface area (Å²) < 4.78 is 31.5. The fourth-order valence-electron chi connectivity index (χ4n) is 1.77. The first-order valence-electron chi connectivity index (χ1n) is 5.74. The highest BCUT2D eigenvalue weighted by Gasteiger charge is 2.16. The minimum absolute atomic E-state index is 0.319. The highest BCUT2D eigenvalue weighted by atomic mass is 32.1. The zero-order chi connectivity index (χ0) is 13.8. The molecule has 0 atom stereocenters. The van der Waals surface area contributed by atoms with E-state index in [9.17, 15) is 8.78 Å². The van der Waals surface area contributed by atoms with Crippen molar-refractivity contribution in [3.8, 4) is 0 Å². The molecule has 0 spiro atoms. The Morgan fingerprint density at radius 1 is 0.895 bits per heavy atom. The summed E-state index contributed by atoms with van der Waals surface area (Å²) in [5.41, 5.74) is 1.52. The molecule has 2 rings (SSSR count). The van der Waals surface area contributed by atoms with Crippen molar-refractivity contribution in [2.45, 2.75) is 13.0 Å². The molecule has 2 aromatic carbocycles. The van der Waals surface area contributed by atoms with Gasteiger partial charge in [0.25, 0.3) is 0 Å². The van der Waals surface area contributed by atoms with Crippen LogP contribution < -0.4 is 0 Å². The number of halogens is 2. The van der Waals surface area contributed by atoms with Crippen molar-refractivity contribution in [2.75, 3.05) is 0 Å². The van der Waals surface area contributed by atoms with Crippen LogP contribution in [-0.4, -0.2) is 5.05 Å². The largest absolute Gasteiger partial charge is 0.475 e. The predicted octanol–water partition coefficient (Wildman–Crippen LogP) is 4.42. The average molecular weight is 278 g/mol. The maximum atomic E-state index is 13.0. The Balaban J connectivity index is 2.37. The van der Waals surface area contributed by atoms with Crippen molar-refractivity contribution in [3.63, 3.8) is 0 Å². The summed E-state index contributed by atoms with van der Waals surface area (Å²) in [5, 5.41) is 0.374. The number of hydrogen-bond donors (Lipinski definition) is 0. The maximum absolute atomic E-state index is 13.0. The first-order valence-corrected chi connectivity index (χ1v) is 6.15. The molecule has 0 radical (unpaired) electrons. The molecule has 2 aromatic rings. The number of rotatable bonds is 3. The van der Waals surface area contributed by atoms with Crippen LogP contribution in [0.25, 0.3) is 0 Å². The standard InChI is InChI=1S/C15H12F2OS/c1-10(19)18-15(11-2-6-13(16)7-3-11)12-4-8-14(17)9-5-12/h2-9,15H,1H3. The number of ether oxygens (including phenoxy) is 1. The smallest absolute Gasteiger partial charge is 0.158 e. The minimum Gasteiger partial charge on any atom is -0.475 e. The lowest BCUT2D eigenvalue weighted by molar-refractivity contribution is 0.238. The van der Waals surface area contributed by atoms with Crippen LogP contribution in [0.3, 0.4) is 0 Å². The summed E-state index contributed by atoms with van der Waals surface area (Å²) in [5.74, 6) is -0.638. The van der Waals surface area contributed by atoms with Crippen LogP contribution in [0.4, 0.5) is 8.78 Å². The third-order valence-electron chi connectivity index (χ3n) is 2.63. The summed E-state index contributed by atoms with van der Waals surface area (Å²) in [7, 11) is 0. The Hall–Kier alpha value is -1.81. The number of thiocarbonyl (C=S) groups is 1. The van der Waals surface area contributed by atoms with Crippen molar-refractivity contribution in [1.29, 1.82) is 0 Å². The molecule has 19 heavy (non-hydrogen) atoms. The highest BCUT2D eigenvalue weighted by molar-refractivity contribution is 7.80. The molecule has 98 valence electrons. The van der Waals surface area contributed by atoms with Crippen molar-refractivity contribution in [1.82, 2.24) is 0 Å². The summed E-state index contributed by atoms with van der Waals surface area (Å²) >= 11 is 4.95. The van der Waals surface area contributed by atoms with Crippen LogP contribution in [0.2, 0.25) is 0 Å². The lowest BCUT2D eigenvalue weighted by Crippen LogP contribution is -2.09. The average Bonchev–Trinajstić information content (AvgIpc) is 2.38. The highest BCUT2D eigenvalue weighted by Crippen LogP contribution is 2.26. The lowest BCUT2D eigenvalue weighted by atomic mass is 10.0. The van der Waals surface area contributed by atoms with Gasteiger partial charge in [0.15, 0.2) is 5.05 Å². The van der Waals surface area contributed by atoms with Crippen molar-refractivity contribution < 1.29 is 13.5 Å². The molecule has 0 aliphatic heterocycles. The van der Waals surface area contributed by atoms with E-state index in [1.165, 1.54) is 24.3 Å². The first-order chi connectivity index (χ1) is 9.06. The second-order valence-corrected chi connectivity index (χ2v) is 4.67. The van der Waals surface area contributed by atoms with Gasteiger partial charge in [0, 0.05) is 6.92 Å². The normalized spacial score (nSPS) is 10.5. The Kier molecular flexibility index (Phi) is 4.22. The minimum atomic E-state index is -0.460. The molecule has 0 N–H and O–H groups in total. The summed E-state index contributed by atoms with van der Waals surface area (Å²) in [6.07, 6.45) is -0.460. The van der Waals surface area contributed by atoms with Gasteiger partial charge in [0.2, 0.25) is 0 Å². The van der Waals surface area contributed by atoms with Gasteiger partial charge < -0.3 is 4.74 Å². The maximum Gasteiger partial charge on any atom is 0.158 e. The molecule has 0 aliphatic carbocycles. The van der Waals surface area contributed by atoms with Crippen molar-refractivity contribution in [2.24, 2.45) is 0 Å². The second-order valence-electron chi connectivity index (χ2n) is 4.09. The second kappa shape index (κ2) is 5.89. The van der Waals surface area contributed by atoms with Crippen molar-refractivity contribution in [3.05, 3.63) is 71.3 Å². The summed E-state index contributed by atoms with van der Waals surface area (Å²) in [4.78, 5) is 0. The SMILES string of the molecule is CC(=S)OC(c1ccc(F)cc1)c1ccc(F)cc1. The van der Waals surface area contributed by atoms with E-state index in [1.807, 2.05) is 0 Å². The van der Waals surface area contributed by atoms with Gasteiger partial charge in [-0.2, -0.15) is 0 Å². The number of benzene rings is 2. The first kappa shape index (κ1) is 13.6. The van der Waals surface area contributed by atoms with Gasteiger partial charge in [0.1, 0.15) is 17.7 Å². The lowest BCUT2D eigenvalue weighted by Gasteiger charge is -2.19. The summed E-state index contributed by atoms with van der Waals surface area (Å²) in [6.45, 7) is 1.66. The monoisotopic (exact) mass is 278 g/mol. The van der Waals surface area contributed by atoms with E-state index in [0.29, 0.717) is 5.05 Å². The van der Waals surface area contributed by atoms with Crippen LogP contribution >= 0.6 is 12.2 Å². The van der Waals surface area contributed by atoms with Crippen LogP contribution in [0.5, 0.6) is 0 Å². The molecule has 1 nitrogen and oxygen atoms in total. The van der Waals surface area contributed by atoms with Gasteiger partial charge in [-0.15, -0.1) is 0 Å². The Morgan fingerprint density at radius 3 is 1.58 bits per heavy atom. The van der Waals surface area contributed by atoms with Gasteiger partial charge in [0.05, 0.1) is 0 Å². The van der Waals surface area contributed by atoms with Crippen molar-refractivity contribution >= 4 is 17.3 Å². The van der Waals surface area contributed by atoms with E-state index in [-0.39, 0.29) is 11.6 Å². The fraction of sp³-hybridized carbons (Fsp3) is 0.133. The molecular formula is C15H12F2OS. The Labute approximate surface area is 115 Å². The summed E-state index contributed by atoms with van der Waals surface area (Å²) in [6, 6.07) is 11.9. The third kappa shape index (κ3) is 3.58. The fourth-order valence-corrected chi connectivity index (χ4v) is 1.87. The van der Waals surface area contributed by atoms with Crippen LogP contribution in [0.15, 0.2) is 48.5 Å². The predicted molar refractivity (Wildman–Crippen MR) is 74.0 cm³/mol. The van der Waals surface area contributed by atoms with E-state index in [1.54, 1.807) is 31.2 Å². The topological polar surface area (TPSA) is 9.23 Å². The van der Waals surface area contributed by atoms with Crippen LogP contribution in [0, 0.1) is 11.6 Å². The van der Waals surface area contributed by atoms with Gasteiger partial charge in [-0.1, -0.05) is 24.3 Å². The van der Waals surface area contributed by atoms with Gasteiger partial charge in [-0.3, -0.25) is 0 Å². The zero-order valence-electron chi connectivity index (χ0n) is 10.3. The van der Waals surface area contributed by atoms with E-state index in [2.05, 4.69) is 0 Å². The molecule has 0 saturated heterocycles. The molecule has 0 aliphatic rings. The van der Waals surface area contributed by atoms with Gasteiger partial charge in [-0.25, -0.2) is 8.78 Å². The Bertz CT molecular complexity index is 518. The van der Waals surface area contributed by atoms with Crippen LogP contribution in [0.1, 0.15) is 24.2 Å². The van der Waals surface area contributed by atoms with Crippen LogP contribution in [-0.2, 0) is 4.74 Å². The zero-order valence-corrected chi connectivity index (χ0v) is 11.1. The molecule has 4 heteroatoms. The number of hydrogen-bond acceptors (Lipinski definition) is 2. The van der Waals surface area contributed by atoms with E-state index in [0.717, 1.165) is 11.1 Å². The van der Waals surface area contributed by atoms with E-state index < -0.39 is 6.10 Å². The third-order valence-corrected chi connectivity index (χ3v) is 2.73.